The zero-order valence-electron chi connectivity index (χ0n) is 15.9. The minimum atomic E-state index is -3.79. The molecule has 0 fully saturated rings. The zero-order chi connectivity index (χ0) is 20.6. The number of hydrogen-bond acceptors (Lipinski definition) is 4. The van der Waals surface area contributed by atoms with Gasteiger partial charge in [-0.25, -0.2) is 8.42 Å². The Labute approximate surface area is 171 Å². The van der Waals surface area contributed by atoms with Gasteiger partial charge in [-0.3, -0.25) is 4.79 Å². The molecule has 2 aromatic rings. The van der Waals surface area contributed by atoms with Crippen molar-refractivity contribution in [1.82, 2.24) is 10.0 Å². The summed E-state index contributed by atoms with van der Waals surface area (Å²) in [5.41, 5.74) is 1.09. The van der Waals surface area contributed by atoms with E-state index in [9.17, 15) is 13.2 Å². The van der Waals surface area contributed by atoms with E-state index in [1.165, 1.54) is 31.2 Å². The highest BCUT2D eigenvalue weighted by Gasteiger charge is 2.21. The monoisotopic (exact) mass is 424 g/mol. The molecule has 8 heteroatoms. The first-order valence-corrected chi connectivity index (χ1v) is 10.9. The summed E-state index contributed by atoms with van der Waals surface area (Å²) in [4.78, 5) is 12.2. The summed E-state index contributed by atoms with van der Waals surface area (Å²) in [6, 6.07) is 14.7. The van der Waals surface area contributed by atoms with Crippen LogP contribution in [0.1, 0.15) is 31.9 Å². The van der Waals surface area contributed by atoms with Crippen molar-refractivity contribution < 1.29 is 17.9 Å². The van der Waals surface area contributed by atoms with Crippen molar-refractivity contribution in [3.63, 3.8) is 0 Å². The molecule has 28 heavy (non-hydrogen) atoms. The van der Waals surface area contributed by atoms with Crippen LogP contribution in [0, 0.1) is 0 Å². The minimum Gasteiger partial charge on any atom is -0.374 e. The predicted molar refractivity (Wildman–Crippen MR) is 110 cm³/mol. The number of carbonyl (C=O) groups excluding carboxylic acids is 1. The van der Waals surface area contributed by atoms with Crippen molar-refractivity contribution in [3.8, 4) is 0 Å². The third-order valence-electron chi connectivity index (χ3n) is 4.11. The number of amides is 1. The molecule has 0 spiro atoms. The van der Waals surface area contributed by atoms with Gasteiger partial charge in [-0.2, -0.15) is 4.72 Å². The Balaban J connectivity index is 1.71. The number of nitrogens with one attached hydrogen (secondary N) is 2. The first kappa shape index (κ1) is 22.4. The van der Waals surface area contributed by atoms with Gasteiger partial charge < -0.3 is 10.1 Å². The normalized spacial score (nSPS) is 13.7. The van der Waals surface area contributed by atoms with Crippen LogP contribution in [-0.2, 0) is 19.6 Å². The highest BCUT2D eigenvalue weighted by molar-refractivity contribution is 7.89. The van der Waals surface area contributed by atoms with Crippen LogP contribution in [-0.4, -0.2) is 33.5 Å². The lowest BCUT2D eigenvalue weighted by atomic mass is 10.1. The molecule has 0 aliphatic heterocycles. The van der Waals surface area contributed by atoms with Gasteiger partial charge in [-0.05, 0) is 50.1 Å². The number of benzene rings is 2. The first-order chi connectivity index (χ1) is 13.3. The van der Waals surface area contributed by atoms with Crippen molar-refractivity contribution in [1.29, 1.82) is 0 Å². The van der Waals surface area contributed by atoms with E-state index in [0.717, 1.165) is 5.56 Å². The van der Waals surface area contributed by atoms with Crippen molar-refractivity contribution >= 4 is 27.5 Å². The van der Waals surface area contributed by atoms with E-state index in [1.54, 1.807) is 0 Å². The Bertz CT molecular complexity index is 858. The van der Waals surface area contributed by atoms with Crippen LogP contribution in [0.2, 0.25) is 5.02 Å². The Morgan fingerprint density at radius 3 is 2.36 bits per heavy atom. The number of sulfonamides is 1. The molecule has 0 aliphatic carbocycles. The van der Waals surface area contributed by atoms with Gasteiger partial charge in [0.25, 0.3) is 0 Å². The third kappa shape index (κ3) is 6.91. The molecule has 0 heterocycles. The molecular weight excluding hydrogens is 400 g/mol. The molecule has 2 aromatic carbocycles. The standard InChI is InChI=1S/C20H25ClN2O4S/c1-15(23-28(25,26)19-11-9-18(21)10-12-19)20(24)22-13-6-14-27-16(2)17-7-4-3-5-8-17/h3-5,7-12,15-16,23H,6,13-14H2,1-2H3,(H,22,24)/t15-,16?/m0/s1. The Morgan fingerprint density at radius 2 is 1.71 bits per heavy atom. The largest absolute Gasteiger partial charge is 0.374 e. The molecule has 0 radical (unpaired) electrons. The van der Waals surface area contributed by atoms with Crippen molar-refractivity contribution in [2.24, 2.45) is 0 Å². The van der Waals surface area contributed by atoms with E-state index in [-0.39, 0.29) is 11.0 Å². The minimum absolute atomic E-state index is 0.0259. The quantitative estimate of drug-likeness (QED) is 0.573. The van der Waals surface area contributed by atoms with Crippen molar-refractivity contribution in [2.45, 2.75) is 37.3 Å². The van der Waals surface area contributed by atoms with Crippen LogP contribution in [0.15, 0.2) is 59.5 Å². The van der Waals surface area contributed by atoms with Gasteiger partial charge in [0.15, 0.2) is 0 Å². The van der Waals surface area contributed by atoms with Gasteiger partial charge in [0.1, 0.15) is 0 Å². The maximum absolute atomic E-state index is 12.3. The molecule has 6 nitrogen and oxygen atoms in total. The van der Waals surface area contributed by atoms with E-state index in [0.29, 0.717) is 24.6 Å². The highest BCUT2D eigenvalue weighted by Crippen LogP contribution is 2.16. The fourth-order valence-corrected chi connectivity index (χ4v) is 3.81. The second-order valence-corrected chi connectivity index (χ2v) is 8.52. The fraction of sp³-hybridized carbons (Fsp3) is 0.350. The fourth-order valence-electron chi connectivity index (χ4n) is 2.49. The Hall–Kier alpha value is -1.93. The second kappa shape index (κ2) is 10.6. The summed E-state index contributed by atoms with van der Waals surface area (Å²) in [5.74, 6) is -0.395. The molecule has 152 valence electrons. The third-order valence-corrected chi connectivity index (χ3v) is 5.91. The van der Waals surface area contributed by atoms with Crippen LogP contribution in [0.3, 0.4) is 0 Å². The lowest BCUT2D eigenvalue weighted by Gasteiger charge is -2.16. The summed E-state index contributed by atoms with van der Waals surface area (Å²) in [6.07, 6.45) is 0.599. The summed E-state index contributed by atoms with van der Waals surface area (Å²) in [5, 5.41) is 3.15. The van der Waals surface area contributed by atoms with E-state index >= 15 is 0 Å². The summed E-state index contributed by atoms with van der Waals surface area (Å²) < 4.78 is 32.7. The summed E-state index contributed by atoms with van der Waals surface area (Å²) in [7, 11) is -3.79. The molecule has 0 bridgehead atoms. The van der Waals surface area contributed by atoms with Crippen molar-refractivity contribution in [2.75, 3.05) is 13.2 Å². The predicted octanol–water partition coefficient (Wildman–Crippen LogP) is 3.29. The molecule has 1 amide bonds. The molecular formula is C20H25ClN2O4S. The van der Waals surface area contributed by atoms with Crippen LogP contribution >= 0.6 is 11.6 Å². The van der Waals surface area contributed by atoms with Gasteiger partial charge in [-0.15, -0.1) is 0 Å². The van der Waals surface area contributed by atoms with E-state index < -0.39 is 22.0 Å². The van der Waals surface area contributed by atoms with E-state index in [1.807, 2.05) is 37.3 Å². The number of rotatable bonds is 10. The number of carbonyl (C=O) groups is 1. The maximum atomic E-state index is 12.3. The molecule has 1 unspecified atom stereocenters. The number of ether oxygens (including phenoxy) is 1. The lowest BCUT2D eigenvalue weighted by molar-refractivity contribution is -0.122. The molecule has 0 saturated heterocycles. The molecule has 0 aromatic heterocycles. The highest BCUT2D eigenvalue weighted by atomic mass is 35.5. The maximum Gasteiger partial charge on any atom is 0.241 e. The molecule has 0 saturated carbocycles. The molecule has 2 atom stereocenters. The van der Waals surface area contributed by atoms with Crippen LogP contribution in [0.5, 0.6) is 0 Å². The number of halogens is 1. The van der Waals surface area contributed by atoms with Gasteiger partial charge >= 0.3 is 0 Å². The number of hydrogen-bond donors (Lipinski definition) is 2. The van der Waals surface area contributed by atoms with Gasteiger partial charge in [0.05, 0.1) is 17.0 Å². The Kier molecular flexibility index (Phi) is 8.44. The summed E-state index contributed by atoms with van der Waals surface area (Å²) >= 11 is 5.77. The SMILES string of the molecule is CC(OCCCNC(=O)[C@H](C)NS(=O)(=O)c1ccc(Cl)cc1)c1ccccc1. The average Bonchev–Trinajstić information content (AvgIpc) is 2.68. The van der Waals surface area contributed by atoms with Gasteiger partial charge in [0.2, 0.25) is 15.9 Å². The van der Waals surface area contributed by atoms with Crippen LogP contribution < -0.4 is 10.0 Å². The smallest absolute Gasteiger partial charge is 0.241 e. The van der Waals surface area contributed by atoms with Gasteiger partial charge in [-0.1, -0.05) is 41.9 Å². The van der Waals surface area contributed by atoms with E-state index in [2.05, 4.69) is 10.0 Å². The first-order valence-electron chi connectivity index (χ1n) is 9.02. The summed E-state index contributed by atoms with van der Waals surface area (Å²) in [6.45, 7) is 4.35. The molecule has 0 aliphatic rings. The van der Waals surface area contributed by atoms with Crippen LogP contribution in [0.4, 0.5) is 0 Å². The average molecular weight is 425 g/mol. The molecule has 2 rings (SSSR count). The molecule has 2 N–H and O–H groups in total. The van der Waals surface area contributed by atoms with Gasteiger partial charge in [0, 0.05) is 18.2 Å². The topological polar surface area (TPSA) is 84.5 Å². The van der Waals surface area contributed by atoms with Crippen molar-refractivity contribution in [3.05, 3.63) is 65.2 Å². The zero-order valence-corrected chi connectivity index (χ0v) is 17.5. The van der Waals surface area contributed by atoms with Crippen LogP contribution in [0.25, 0.3) is 0 Å². The second-order valence-electron chi connectivity index (χ2n) is 6.37. The van der Waals surface area contributed by atoms with E-state index in [4.69, 9.17) is 16.3 Å². The lowest BCUT2D eigenvalue weighted by Crippen LogP contribution is -2.45. The Morgan fingerprint density at radius 1 is 1.07 bits per heavy atom.